The maximum Gasteiger partial charge on any atom is 0.172 e. The second-order valence-corrected chi connectivity index (χ2v) is 6.07. The van der Waals surface area contributed by atoms with E-state index in [1.165, 1.54) is 0 Å². The summed E-state index contributed by atoms with van der Waals surface area (Å²) in [4.78, 5) is 12.7. The van der Waals surface area contributed by atoms with Gasteiger partial charge < -0.3 is 4.74 Å². The fourth-order valence-electron chi connectivity index (χ4n) is 3.15. The van der Waals surface area contributed by atoms with E-state index in [0.717, 1.165) is 43.4 Å². The van der Waals surface area contributed by atoms with Gasteiger partial charge in [-0.05, 0) is 30.5 Å². The van der Waals surface area contributed by atoms with Crippen LogP contribution in [-0.2, 0) is 6.42 Å². The molecule has 1 aromatic rings. The standard InChI is InChI=1S/C15H17ClO2/c1-15(5-2-3-6-15)14(17)12-9-11(16)8-10-4-7-18-13(10)12/h8-9H,2-7H2,1H3. The molecule has 2 aliphatic rings. The van der Waals surface area contributed by atoms with Gasteiger partial charge in [-0.3, -0.25) is 4.79 Å². The summed E-state index contributed by atoms with van der Waals surface area (Å²) in [6.45, 7) is 2.73. The highest BCUT2D eigenvalue weighted by molar-refractivity contribution is 6.31. The van der Waals surface area contributed by atoms with Gasteiger partial charge >= 0.3 is 0 Å². The van der Waals surface area contributed by atoms with Gasteiger partial charge in [0.2, 0.25) is 0 Å². The van der Waals surface area contributed by atoms with Crippen LogP contribution in [0.3, 0.4) is 0 Å². The van der Waals surface area contributed by atoms with Crippen LogP contribution in [0.4, 0.5) is 0 Å². The Morgan fingerprint density at radius 2 is 2.06 bits per heavy atom. The zero-order valence-corrected chi connectivity index (χ0v) is 11.3. The molecule has 1 aliphatic carbocycles. The van der Waals surface area contributed by atoms with E-state index in [4.69, 9.17) is 16.3 Å². The van der Waals surface area contributed by atoms with Crippen LogP contribution in [0.1, 0.15) is 48.5 Å². The Balaban J connectivity index is 2.04. The minimum absolute atomic E-state index is 0.209. The SMILES string of the molecule is CC1(C(=O)c2cc(Cl)cc3c2OCC3)CCCC1. The largest absolute Gasteiger partial charge is 0.492 e. The zero-order valence-electron chi connectivity index (χ0n) is 10.6. The molecule has 1 heterocycles. The third kappa shape index (κ3) is 1.83. The van der Waals surface area contributed by atoms with Crippen molar-refractivity contribution in [3.8, 4) is 5.75 Å². The molecule has 0 amide bonds. The summed E-state index contributed by atoms with van der Waals surface area (Å²) in [7, 11) is 0. The molecule has 1 aromatic carbocycles. The molecule has 0 radical (unpaired) electrons. The van der Waals surface area contributed by atoms with Gasteiger partial charge in [-0.15, -0.1) is 0 Å². The van der Waals surface area contributed by atoms with E-state index in [9.17, 15) is 4.79 Å². The highest BCUT2D eigenvalue weighted by Crippen LogP contribution is 2.43. The highest BCUT2D eigenvalue weighted by atomic mass is 35.5. The van der Waals surface area contributed by atoms with Gasteiger partial charge in [-0.25, -0.2) is 0 Å². The number of ketones is 1. The fraction of sp³-hybridized carbons (Fsp3) is 0.533. The molecular weight excluding hydrogens is 248 g/mol. The van der Waals surface area contributed by atoms with Crippen LogP contribution in [0.15, 0.2) is 12.1 Å². The number of hydrogen-bond acceptors (Lipinski definition) is 2. The van der Waals surface area contributed by atoms with Crippen molar-refractivity contribution in [1.29, 1.82) is 0 Å². The normalized spacial score (nSPS) is 20.6. The Hall–Kier alpha value is -1.02. The third-order valence-electron chi connectivity index (χ3n) is 4.25. The molecular formula is C15H17ClO2. The molecule has 0 unspecified atom stereocenters. The van der Waals surface area contributed by atoms with E-state index >= 15 is 0 Å². The van der Waals surface area contributed by atoms with Crippen LogP contribution in [0, 0.1) is 5.41 Å². The van der Waals surface area contributed by atoms with Gasteiger partial charge in [-0.1, -0.05) is 31.4 Å². The number of rotatable bonds is 2. The molecule has 0 atom stereocenters. The summed E-state index contributed by atoms with van der Waals surface area (Å²) in [6, 6.07) is 3.69. The Morgan fingerprint density at radius 1 is 1.33 bits per heavy atom. The summed E-state index contributed by atoms with van der Waals surface area (Å²) >= 11 is 6.12. The zero-order chi connectivity index (χ0) is 12.8. The molecule has 1 aliphatic heterocycles. The first-order valence-electron chi connectivity index (χ1n) is 6.60. The predicted octanol–water partition coefficient (Wildman–Crippen LogP) is 4.04. The summed E-state index contributed by atoms with van der Waals surface area (Å²) < 4.78 is 5.63. The Labute approximate surface area is 112 Å². The van der Waals surface area contributed by atoms with Crippen LogP contribution in [0.25, 0.3) is 0 Å². The number of hydrogen-bond donors (Lipinski definition) is 0. The summed E-state index contributed by atoms with van der Waals surface area (Å²) in [6.07, 6.45) is 5.10. The lowest BCUT2D eigenvalue weighted by Crippen LogP contribution is -2.24. The second kappa shape index (κ2) is 4.27. The van der Waals surface area contributed by atoms with Crippen molar-refractivity contribution in [3.63, 3.8) is 0 Å². The quantitative estimate of drug-likeness (QED) is 0.754. The number of ether oxygens (including phenoxy) is 1. The molecule has 96 valence electrons. The van der Waals surface area contributed by atoms with E-state index in [-0.39, 0.29) is 11.2 Å². The van der Waals surface area contributed by atoms with Gasteiger partial charge in [0.05, 0.1) is 12.2 Å². The van der Waals surface area contributed by atoms with Gasteiger partial charge in [0.1, 0.15) is 5.75 Å². The minimum atomic E-state index is -0.218. The van der Waals surface area contributed by atoms with Crippen LogP contribution >= 0.6 is 11.6 Å². The lowest BCUT2D eigenvalue weighted by Gasteiger charge is -2.23. The predicted molar refractivity (Wildman–Crippen MR) is 71.6 cm³/mol. The molecule has 3 rings (SSSR count). The first-order chi connectivity index (χ1) is 8.60. The lowest BCUT2D eigenvalue weighted by atomic mass is 9.80. The number of carbonyl (C=O) groups excluding carboxylic acids is 1. The van der Waals surface area contributed by atoms with E-state index in [0.29, 0.717) is 17.2 Å². The smallest absolute Gasteiger partial charge is 0.172 e. The monoisotopic (exact) mass is 264 g/mol. The molecule has 1 fully saturated rings. The van der Waals surface area contributed by atoms with Crippen molar-refractivity contribution < 1.29 is 9.53 Å². The van der Waals surface area contributed by atoms with Crippen molar-refractivity contribution in [2.75, 3.05) is 6.61 Å². The molecule has 1 saturated carbocycles. The Morgan fingerprint density at radius 3 is 2.78 bits per heavy atom. The highest BCUT2D eigenvalue weighted by Gasteiger charge is 2.38. The fourth-order valence-corrected chi connectivity index (χ4v) is 3.39. The van der Waals surface area contributed by atoms with Gasteiger partial charge in [0.25, 0.3) is 0 Å². The van der Waals surface area contributed by atoms with Crippen molar-refractivity contribution in [3.05, 3.63) is 28.3 Å². The van der Waals surface area contributed by atoms with Crippen molar-refractivity contribution in [2.45, 2.75) is 39.0 Å². The molecule has 18 heavy (non-hydrogen) atoms. The van der Waals surface area contributed by atoms with Crippen molar-refractivity contribution in [2.24, 2.45) is 5.41 Å². The topological polar surface area (TPSA) is 26.3 Å². The molecule has 0 spiro atoms. The number of halogens is 1. The van der Waals surface area contributed by atoms with E-state index < -0.39 is 0 Å². The van der Waals surface area contributed by atoms with Crippen molar-refractivity contribution >= 4 is 17.4 Å². The van der Waals surface area contributed by atoms with Crippen LogP contribution in [-0.4, -0.2) is 12.4 Å². The number of benzene rings is 1. The van der Waals surface area contributed by atoms with Crippen LogP contribution < -0.4 is 4.74 Å². The molecule has 0 bridgehead atoms. The number of carbonyl (C=O) groups is 1. The first-order valence-corrected chi connectivity index (χ1v) is 6.98. The maximum atomic E-state index is 12.7. The van der Waals surface area contributed by atoms with Gasteiger partial charge in [-0.2, -0.15) is 0 Å². The minimum Gasteiger partial charge on any atom is -0.492 e. The summed E-state index contributed by atoms with van der Waals surface area (Å²) in [5.41, 5.74) is 1.55. The molecule has 0 saturated heterocycles. The summed E-state index contributed by atoms with van der Waals surface area (Å²) in [5, 5.41) is 0.643. The molecule has 0 N–H and O–H groups in total. The van der Waals surface area contributed by atoms with E-state index in [1.54, 1.807) is 6.07 Å². The average Bonchev–Trinajstić information content (AvgIpc) is 2.96. The van der Waals surface area contributed by atoms with Gasteiger partial charge in [0.15, 0.2) is 5.78 Å². The number of Topliss-reactive ketones (excluding diaryl/α,β-unsaturated/α-hetero) is 1. The second-order valence-electron chi connectivity index (χ2n) is 5.64. The Kier molecular flexibility index (Phi) is 2.86. The van der Waals surface area contributed by atoms with Gasteiger partial charge in [0, 0.05) is 16.9 Å². The summed E-state index contributed by atoms with van der Waals surface area (Å²) in [5.74, 6) is 0.984. The molecule has 3 heteroatoms. The molecule has 0 aromatic heterocycles. The number of fused-ring (bicyclic) bond motifs is 1. The van der Waals surface area contributed by atoms with E-state index in [2.05, 4.69) is 6.92 Å². The van der Waals surface area contributed by atoms with Crippen LogP contribution in [0.2, 0.25) is 5.02 Å². The van der Waals surface area contributed by atoms with Crippen LogP contribution in [0.5, 0.6) is 5.75 Å². The first kappa shape index (κ1) is 12.0. The maximum absolute atomic E-state index is 12.7. The Bertz CT molecular complexity index is 501. The lowest BCUT2D eigenvalue weighted by molar-refractivity contribution is 0.0820. The third-order valence-corrected chi connectivity index (χ3v) is 4.47. The van der Waals surface area contributed by atoms with Crippen molar-refractivity contribution in [1.82, 2.24) is 0 Å². The average molecular weight is 265 g/mol. The molecule has 2 nitrogen and oxygen atoms in total. The van der Waals surface area contributed by atoms with E-state index in [1.807, 2.05) is 6.07 Å².